The van der Waals surface area contributed by atoms with Crippen LogP contribution < -0.4 is 16.0 Å². The predicted octanol–water partition coefficient (Wildman–Crippen LogP) is -0.782. The molecule has 0 aromatic rings. The van der Waals surface area contributed by atoms with E-state index in [4.69, 9.17) is 0 Å². The lowest BCUT2D eigenvalue weighted by Gasteiger charge is -2.03. The zero-order chi connectivity index (χ0) is 9.40. The van der Waals surface area contributed by atoms with Gasteiger partial charge < -0.3 is 16.0 Å². The highest BCUT2D eigenvalue weighted by atomic mass is 16.2. The van der Waals surface area contributed by atoms with Crippen LogP contribution in [0.1, 0.15) is 0 Å². The molecule has 12 heavy (non-hydrogen) atoms. The van der Waals surface area contributed by atoms with E-state index < -0.39 is 0 Å². The summed E-state index contributed by atoms with van der Waals surface area (Å²) in [6, 6.07) is -0.261. The first-order valence-electron chi connectivity index (χ1n) is 3.56. The number of rotatable bonds is 4. The first-order valence-corrected chi connectivity index (χ1v) is 3.56. The molecule has 3 N–H and O–H groups in total. The maximum Gasteiger partial charge on any atom is 0.314 e. The number of urea groups is 1. The molecule has 5 heteroatoms. The molecule has 5 nitrogen and oxygen atoms in total. The first kappa shape index (κ1) is 10.5. The van der Waals surface area contributed by atoms with Gasteiger partial charge in [-0.05, 0) is 6.08 Å². The predicted molar refractivity (Wildman–Crippen MR) is 45.7 cm³/mol. The van der Waals surface area contributed by atoms with E-state index in [1.54, 1.807) is 0 Å². The van der Waals surface area contributed by atoms with Crippen molar-refractivity contribution in [2.45, 2.75) is 0 Å². The molecule has 0 radical (unpaired) electrons. The monoisotopic (exact) mass is 171 g/mol. The van der Waals surface area contributed by atoms with Crippen LogP contribution in [0.15, 0.2) is 12.7 Å². The minimum Gasteiger partial charge on any atom is -0.351 e. The average Bonchev–Trinajstić information content (AvgIpc) is 2.11. The van der Waals surface area contributed by atoms with Crippen LogP contribution in [0.4, 0.5) is 4.79 Å². The van der Waals surface area contributed by atoms with Gasteiger partial charge in [0, 0.05) is 20.1 Å². The molecule has 68 valence electrons. The van der Waals surface area contributed by atoms with Crippen LogP contribution in [0.3, 0.4) is 0 Å². The molecule has 0 aliphatic rings. The Kier molecular flexibility index (Phi) is 5.42. The molecule has 0 bridgehead atoms. The Morgan fingerprint density at radius 3 is 2.42 bits per heavy atom. The van der Waals surface area contributed by atoms with Gasteiger partial charge in [0.05, 0.1) is 0 Å². The Balaban J connectivity index is 3.27. The van der Waals surface area contributed by atoms with Crippen molar-refractivity contribution < 1.29 is 9.59 Å². The Bertz CT molecular complexity index is 179. The SMILES string of the molecule is C=CC(=O)NCCNC(=O)NC. The summed E-state index contributed by atoms with van der Waals surface area (Å²) < 4.78 is 0. The molecule has 0 atom stereocenters. The smallest absolute Gasteiger partial charge is 0.314 e. The van der Waals surface area contributed by atoms with E-state index in [0.29, 0.717) is 13.1 Å². The zero-order valence-corrected chi connectivity index (χ0v) is 7.02. The van der Waals surface area contributed by atoms with Gasteiger partial charge in [0.25, 0.3) is 0 Å². The van der Waals surface area contributed by atoms with Crippen molar-refractivity contribution in [1.82, 2.24) is 16.0 Å². The topological polar surface area (TPSA) is 70.2 Å². The normalized spacial score (nSPS) is 8.42. The van der Waals surface area contributed by atoms with Crippen molar-refractivity contribution in [2.24, 2.45) is 0 Å². The fraction of sp³-hybridized carbons (Fsp3) is 0.429. The van der Waals surface area contributed by atoms with E-state index in [-0.39, 0.29) is 11.9 Å². The average molecular weight is 171 g/mol. The van der Waals surface area contributed by atoms with Gasteiger partial charge in [-0.15, -0.1) is 0 Å². The molecule has 0 aromatic heterocycles. The summed E-state index contributed by atoms with van der Waals surface area (Å²) in [6.07, 6.45) is 1.18. The zero-order valence-electron chi connectivity index (χ0n) is 7.02. The van der Waals surface area contributed by atoms with Gasteiger partial charge >= 0.3 is 6.03 Å². The molecule has 0 fully saturated rings. The van der Waals surface area contributed by atoms with Crippen molar-refractivity contribution in [3.8, 4) is 0 Å². The van der Waals surface area contributed by atoms with E-state index in [1.807, 2.05) is 0 Å². The third-order valence-electron chi connectivity index (χ3n) is 1.12. The number of hydrogen-bond acceptors (Lipinski definition) is 2. The molecule has 0 aliphatic heterocycles. The largest absolute Gasteiger partial charge is 0.351 e. The number of carbonyl (C=O) groups excluding carboxylic acids is 2. The molecular formula is C7H13N3O2. The molecule has 0 heterocycles. The summed E-state index contributed by atoms with van der Waals surface area (Å²) in [7, 11) is 1.53. The standard InChI is InChI=1S/C7H13N3O2/c1-3-6(11)9-4-5-10-7(12)8-2/h3H,1,4-5H2,2H3,(H,9,11)(H2,8,10,12). The minimum atomic E-state index is -0.261. The summed E-state index contributed by atoms with van der Waals surface area (Å²) in [4.78, 5) is 21.1. The van der Waals surface area contributed by atoms with Crippen LogP contribution in [-0.2, 0) is 4.79 Å². The van der Waals surface area contributed by atoms with E-state index in [1.165, 1.54) is 13.1 Å². The lowest BCUT2D eigenvalue weighted by atomic mass is 10.5. The van der Waals surface area contributed by atoms with Crippen LogP contribution in [0.2, 0.25) is 0 Å². The third kappa shape index (κ3) is 5.28. The van der Waals surface area contributed by atoms with Gasteiger partial charge in [0.15, 0.2) is 0 Å². The molecule has 3 amide bonds. The van der Waals surface area contributed by atoms with Crippen LogP contribution in [0.25, 0.3) is 0 Å². The van der Waals surface area contributed by atoms with Crippen molar-refractivity contribution in [1.29, 1.82) is 0 Å². The highest BCUT2D eigenvalue weighted by molar-refractivity contribution is 5.86. The van der Waals surface area contributed by atoms with Crippen LogP contribution in [0.5, 0.6) is 0 Å². The summed E-state index contributed by atoms with van der Waals surface area (Å²) in [5.74, 6) is -0.242. The van der Waals surface area contributed by atoms with Gasteiger partial charge in [-0.3, -0.25) is 4.79 Å². The Labute approximate surface area is 71.2 Å². The maximum absolute atomic E-state index is 10.6. The van der Waals surface area contributed by atoms with Crippen LogP contribution in [0, 0.1) is 0 Å². The quantitative estimate of drug-likeness (QED) is 0.383. The van der Waals surface area contributed by atoms with Crippen molar-refractivity contribution >= 4 is 11.9 Å². The Morgan fingerprint density at radius 2 is 1.92 bits per heavy atom. The lowest BCUT2D eigenvalue weighted by Crippen LogP contribution is -2.38. The van der Waals surface area contributed by atoms with Crippen LogP contribution >= 0.6 is 0 Å². The fourth-order valence-corrected chi connectivity index (χ4v) is 0.522. The van der Waals surface area contributed by atoms with E-state index in [2.05, 4.69) is 22.5 Å². The fourth-order valence-electron chi connectivity index (χ4n) is 0.522. The Morgan fingerprint density at radius 1 is 1.33 bits per heavy atom. The van der Waals surface area contributed by atoms with Gasteiger partial charge in [0.1, 0.15) is 0 Å². The molecule has 0 spiro atoms. The van der Waals surface area contributed by atoms with E-state index in [9.17, 15) is 9.59 Å². The first-order chi connectivity index (χ1) is 5.70. The molecule has 0 unspecified atom stereocenters. The summed E-state index contributed by atoms with van der Waals surface area (Å²) in [5.41, 5.74) is 0. The summed E-state index contributed by atoms with van der Waals surface area (Å²) >= 11 is 0. The highest BCUT2D eigenvalue weighted by Gasteiger charge is 1.95. The maximum atomic E-state index is 10.6. The number of nitrogens with one attached hydrogen (secondary N) is 3. The minimum absolute atomic E-state index is 0.242. The molecule has 0 rings (SSSR count). The Hall–Kier alpha value is -1.52. The third-order valence-corrected chi connectivity index (χ3v) is 1.12. The van der Waals surface area contributed by atoms with E-state index >= 15 is 0 Å². The summed E-state index contributed by atoms with van der Waals surface area (Å²) in [5, 5.41) is 7.41. The molecule has 0 aliphatic carbocycles. The lowest BCUT2D eigenvalue weighted by molar-refractivity contribution is -0.116. The number of amides is 3. The van der Waals surface area contributed by atoms with E-state index in [0.717, 1.165) is 0 Å². The van der Waals surface area contributed by atoms with Crippen molar-refractivity contribution in [3.63, 3.8) is 0 Å². The molecule has 0 saturated carbocycles. The van der Waals surface area contributed by atoms with Gasteiger partial charge in [0.2, 0.25) is 5.91 Å². The molecular weight excluding hydrogens is 158 g/mol. The second kappa shape index (κ2) is 6.21. The van der Waals surface area contributed by atoms with Gasteiger partial charge in [-0.25, -0.2) is 4.79 Å². The van der Waals surface area contributed by atoms with Crippen LogP contribution in [-0.4, -0.2) is 32.1 Å². The second-order valence-electron chi connectivity index (χ2n) is 2.00. The van der Waals surface area contributed by atoms with Gasteiger partial charge in [-0.2, -0.15) is 0 Å². The van der Waals surface area contributed by atoms with Crippen molar-refractivity contribution in [2.75, 3.05) is 20.1 Å². The molecule has 0 aromatic carbocycles. The second-order valence-corrected chi connectivity index (χ2v) is 2.00. The number of carbonyl (C=O) groups is 2. The molecule has 0 saturated heterocycles. The highest BCUT2D eigenvalue weighted by Crippen LogP contribution is 1.65. The van der Waals surface area contributed by atoms with Crippen molar-refractivity contribution in [3.05, 3.63) is 12.7 Å². The van der Waals surface area contributed by atoms with Gasteiger partial charge in [-0.1, -0.05) is 6.58 Å². The summed E-state index contributed by atoms with van der Waals surface area (Å²) in [6.45, 7) is 4.08. The number of hydrogen-bond donors (Lipinski definition) is 3.